The van der Waals surface area contributed by atoms with E-state index in [2.05, 4.69) is 17.1 Å². The quantitative estimate of drug-likeness (QED) is 0.803. The van der Waals surface area contributed by atoms with Crippen LogP contribution in [0.1, 0.15) is 57.7 Å². The van der Waals surface area contributed by atoms with Crippen LogP contribution in [-0.2, 0) is 16.6 Å². The van der Waals surface area contributed by atoms with Gasteiger partial charge in [-0.15, -0.1) is 10.2 Å². The van der Waals surface area contributed by atoms with E-state index in [1.165, 1.54) is 6.42 Å². The van der Waals surface area contributed by atoms with Crippen molar-refractivity contribution in [1.82, 2.24) is 24.6 Å². The highest BCUT2D eigenvalue weighted by atomic mass is 16.2. The second kappa shape index (κ2) is 6.06. The molecule has 26 heavy (non-hydrogen) atoms. The number of hydrogen-bond donors (Lipinski definition) is 0. The standard InChI is InChI=1S/C19H29N5O2/c1-14(25)23-9-15(16-21-20-13-22(16)3)19(10-23)11-24(12-19)17(26)18(2)7-5-4-6-8-18/h13,15H,4-12H2,1-3H3. The molecule has 2 saturated heterocycles. The molecule has 0 aromatic carbocycles. The fourth-order valence-electron chi connectivity index (χ4n) is 5.28. The summed E-state index contributed by atoms with van der Waals surface area (Å²) in [7, 11) is 1.95. The van der Waals surface area contributed by atoms with E-state index >= 15 is 0 Å². The maximum Gasteiger partial charge on any atom is 0.228 e. The third-order valence-corrected chi connectivity index (χ3v) is 6.92. The van der Waals surface area contributed by atoms with Gasteiger partial charge in [-0.3, -0.25) is 9.59 Å². The summed E-state index contributed by atoms with van der Waals surface area (Å²) in [5, 5.41) is 8.34. The molecule has 7 heteroatoms. The van der Waals surface area contributed by atoms with Gasteiger partial charge in [0.1, 0.15) is 12.2 Å². The van der Waals surface area contributed by atoms with Crippen molar-refractivity contribution in [2.75, 3.05) is 26.2 Å². The van der Waals surface area contributed by atoms with Crippen LogP contribution in [0.4, 0.5) is 0 Å². The average molecular weight is 359 g/mol. The van der Waals surface area contributed by atoms with Crippen molar-refractivity contribution in [3.05, 3.63) is 12.2 Å². The molecule has 0 N–H and O–H groups in total. The summed E-state index contributed by atoms with van der Waals surface area (Å²) in [4.78, 5) is 29.1. The summed E-state index contributed by atoms with van der Waals surface area (Å²) in [5.74, 6) is 1.46. The van der Waals surface area contributed by atoms with Crippen molar-refractivity contribution in [1.29, 1.82) is 0 Å². The lowest BCUT2D eigenvalue weighted by Crippen LogP contribution is -2.64. The minimum absolute atomic E-state index is 0.0762. The molecule has 1 unspecified atom stereocenters. The van der Waals surface area contributed by atoms with Gasteiger partial charge in [-0.25, -0.2) is 0 Å². The van der Waals surface area contributed by atoms with Crippen LogP contribution in [0.3, 0.4) is 0 Å². The van der Waals surface area contributed by atoms with Gasteiger partial charge in [0.15, 0.2) is 0 Å². The zero-order valence-electron chi connectivity index (χ0n) is 16.1. The molecular weight excluding hydrogens is 330 g/mol. The number of carbonyl (C=O) groups excluding carboxylic acids is 2. The number of aryl methyl sites for hydroxylation is 1. The normalized spacial score (nSPS) is 26.8. The molecule has 1 saturated carbocycles. The van der Waals surface area contributed by atoms with Crippen LogP contribution >= 0.6 is 0 Å². The highest BCUT2D eigenvalue weighted by molar-refractivity contribution is 5.83. The molecule has 3 aliphatic rings. The van der Waals surface area contributed by atoms with Crippen molar-refractivity contribution in [2.45, 2.75) is 51.9 Å². The largest absolute Gasteiger partial charge is 0.341 e. The molecule has 0 bridgehead atoms. The highest BCUT2D eigenvalue weighted by Gasteiger charge is 2.59. The second-order valence-corrected chi connectivity index (χ2v) is 8.90. The molecule has 142 valence electrons. The number of aromatic nitrogens is 3. The SMILES string of the molecule is CC(=O)N1CC(c2nncn2C)C2(C1)CN(C(=O)C1(C)CCCCC1)C2. The van der Waals surface area contributed by atoms with Gasteiger partial charge in [0.2, 0.25) is 11.8 Å². The fraction of sp³-hybridized carbons (Fsp3) is 0.789. The first-order valence-corrected chi connectivity index (χ1v) is 9.73. The highest BCUT2D eigenvalue weighted by Crippen LogP contribution is 2.50. The Kier molecular flexibility index (Phi) is 4.08. The minimum Gasteiger partial charge on any atom is -0.341 e. The Morgan fingerprint density at radius 1 is 1.12 bits per heavy atom. The third kappa shape index (κ3) is 2.63. The zero-order chi connectivity index (χ0) is 18.5. The Labute approximate surface area is 154 Å². The summed E-state index contributed by atoms with van der Waals surface area (Å²) in [5.41, 5.74) is -0.272. The third-order valence-electron chi connectivity index (χ3n) is 6.92. The summed E-state index contributed by atoms with van der Waals surface area (Å²) < 4.78 is 1.95. The van der Waals surface area contributed by atoms with Gasteiger partial charge in [0.05, 0.1) is 0 Å². The topological polar surface area (TPSA) is 71.3 Å². The van der Waals surface area contributed by atoms with E-state index in [0.717, 1.165) is 44.6 Å². The molecule has 1 aromatic rings. The van der Waals surface area contributed by atoms with Crippen LogP contribution in [0.2, 0.25) is 0 Å². The molecular formula is C19H29N5O2. The predicted molar refractivity (Wildman–Crippen MR) is 96.2 cm³/mol. The first-order chi connectivity index (χ1) is 12.3. The van der Waals surface area contributed by atoms with Crippen molar-refractivity contribution < 1.29 is 9.59 Å². The molecule has 1 aliphatic carbocycles. The van der Waals surface area contributed by atoms with Crippen molar-refractivity contribution in [3.8, 4) is 0 Å². The first kappa shape index (κ1) is 17.5. The molecule has 3 fully saturated rings. The van der Waals surface area contributed by atoms with Crippen molar-refractivity contribution >= 4 is 11.8 Å². The van der Waals surface area contributed by atoms with E-state index in [9.17, 15) is 9.59 Å². The lowest BCUT2D eigenvalue weighted by Gasteiger charge is -2.53. The molecule has 3 heterocycles. The van der Waals surface area contributed by atoms with Gasteiger partial charge >= 0.3 is 0 Å². The maximum atomic E-state index is 13.1. The van der Waals surface area contributed by atoms with Gasteiger partial charge in [-0.05, 0) is 12.8 Å². The molecule has 7 nitrogen and oxygen atoms in total. The van der Waals surface area contributed by atoms with Crippen LogP contribution in [0, 0.1) is 10.8 Å². The summed E-state index contributed by atoms with van der Waals surface area (Å²) in [6.45, 7) is 6.58. The minimum atomic E-state index is -0.195. The van der Waals surface area contributed by atoms with Crippen LogP contribution in [0.15, 0.2) is 6.33 Å². The van der Waals surface area contributed by atoms with E-state index in [1.54, 1.807) is 13.3 Å². The van der Waals surface area contributed by atoms with Crippen LogP contribution in [0.5, 0.6) is 0 Å². The number of carbonyl (C=O) groups is 2. The van der Waals surface area contributed by atoms with E-state index in [0.29, 0.717) is 19.0 Å². The smallest absolute Gasteiger partial charge is 0.228 e. The second-order valence-electron chi connectivity index (χ2n) is 8.90. The monoisotopic (exact) mass is 359 g/mol. The van der Waals surface area contributed by atoms with Crippen molar-refractivity contribution in [2.24, 2.45) is 17.9 Å². The first-order valence-electron chi connectivity index (χ1n) is 9.73. The zero-order valence-corrected chi connectivity index (χ0v) is 16.1. The van der Waals surface area contributed by atoms with Gasteiger partial charge in [0, 0.05) is 56.9 Å². The predicted octanol–water partition coefficient (Wildman–Crippen LogP) is 1.56. The Balaban J connectivity index is 1.53. The van der Waals surface area contributed by atoms with E-state index < -0.39 is 0 Å². The Morgan fingerprint density at radius 3 is 2.35 bits per heavy atom. The van der Waals surface area contributed by atoms with E-state index in [1.807, 2.05) is 21.4 Å². The van der Waals surface area contributed by atoms with Gasteiger partial charge in [-0.2, -0.15) is 0 Å². The Morgan fingerprint density at radius 2 is 1.77 bits per heavy atom. The molecule has 1 atom stereocenters. The van der Waals surface area contributed by atoms with E-state index in [-0.39, 0.29) is 22.7 Å². The Hall–Kier alpha value is -1.92. The molecule has 0 radical (unpaired) electrons. The number of hydrogen-bond acceptors (Lipinski definition) is 4. The number of amides is 2. The number of likely N-dealkylation sites (tertiary alicyclic amines) is 2. The van der Waals surface area contributed by atoms with Crippen LogP contribution in [0.25, 0.3) is 0 Å². The maximum absolute atomic E-state index is 13.1. The van der Waals surface area contributed by atoms with Gasteiger partial charge in [-0.1, -0.05) is 26.2 Å². The van der Waals surface area contributed by atoms with Gasteiger partial charge in [0.25, 0.3) is 0 Å². The fourth-order valence-corrected chi connectivity index (χ4v) is 5.28. The van der Waals surface area contributed by atoms with E-state index in [4.69, 9.17) is 0 Å². The van der Waals surface area contributed by atoms with Crippen LogP contribution < -0.4 is 0 Å². The summed E-state index contributed by atoms with van der Waals surface area (Å²) in [6.07, 6.45) is 7.27. The molecule has 4 rings (SSSR count). The molecule has 2 aliphatic heterocycles. The number of nitrogens with zero attached hydrogens (tertiary/aromatic N) is 5. The summed E-state index contributed by atoms with van der Waals surface area (Å²) in [6, 6.07) is 0. The lowest BCUT2D eigenvalue weighted by atomic mass is 9.68. The number of rotatable bonds is 2. The molecule has 1 spiro atoms. The Bertz CT molecular complexity index is 715. The summed E-state index contributed by atoms with van der Waals surface area (Å²) >= 11 is 0. The average Bonchev–Trinajstić information content (AvgIpc) is 3.17. The lowest BCUT2D eigenvalue weighted by molar-refractivity contribution is -0.156. The van der Waals surface area contributed by atoms with Crippen molar-refractivity contribution in [3.63, 3.8) is 0 Å². The van der Waals surface area contributed by atoms with Gasteiger partial charge < -0.3 is 14.4 Å². The van der Waals surface area contributed by atoms with Crippen LogP contribution in [-0.4, -0.2) is 62.6 Å². The molecule has 2 amide bonds. The molecule has 1 aromatic heterocycles.